The summed E-state index contributed by atoms with van der Waals surface area (Å²) in [7, 11) is 0. The molecule has 2 aromatic heterocycles. The Bertz CT molecular complexity index is 680. The molecular formula is C12H7BrFN3S. The van der Waals surface area contributed by atoms with Gasteiger partial charge in [0.15, 0.2) is 11.0 Å². The average molecular weight is 324 g/mol. The maximum absolute atomic E-state index is 13.6. The molecule has 0 saturated carbocycles. The summed E-state index contributed by atoms with van der Waals surface area (Å²) in [5.74, 6) is -0.366. The molecule has 18 heavy (non-hydrogen) atoms. The molecule has 0 saturated heterocycles. The molecule has 0 atom stereocenters. The molecule has 0 spiro atoms. The number of rotatable bonds is 2. The Labute approximate surface area is 115 Å². The molecule has 1 N–H and O–H groups in total. The van der Waals surface area contributed by atoms with Crippen molar-refractivity contribution in [2.24, 2.45) is 0 Å². The van der Waals surface area contributed by atoms with Crippen molar-refractivity contribution >= 4 is 38.7 Å². The summed E-state index contributed by atoms with van der Waals surface area (Å²) in [5, 5.41) is 0.933. The number of aromatic amines is 1. The predicted octanol–water partition coefficient (Wildman–Crippen LogP) is 4.01. The van der Waals surface area contributed by atoms with Gasteiger partial charge in [0.25, 0.3) is 0 Å². The maximum atomic E-state index is 13.6. The number of H-pyrrole nitrogens is 1. The first-order chi connectivity index (χ1) is 8.72. The van der Waals surface area contributed by atoms with Gasteiger partial charge in [0.1, 0.15) is 5.03 Å². The van der Waals surface area contributed by atoms with Crippen LogP contribution >= 0.6 is 27.7 Å². The summed E-state index contributed by atoms with van der Waals surface area (Å²) in [6.45, 7) is 0. The number of nitrogens with zero attached hydrogens (tertiary/aromatic N) is 2. The third kappa shape index (κ3) is 2.26. The molecule has 0 amide bonds. The zero-order valence-corrected chi connectivity index (χ0v) is 11.4. The number of halogens is 2. The molecule has 6 heteroatoms. The SMILES string of the molecule is Fc1cc(Br)cnc1Sc1nc2ccccc2[nH]1. The van der Waals surface area contributed by atoms with E-state index >= 15 is 0 Å². The first kappa shape index (κ1) is 11.7. The summed E-state index contributed by atoms with van der Waals surface area (Å²) in [6.07, 6.45) is 1.56. The molecule has 0 aliphatic heterocycles. The van der Waals surface area contributed by atoms with E-state index in [1.807, 2.05) is 24.3 Å². The van der Waals surface area contributed by atoms with Gasteiger partial charge in [0, 0.05) is 10.7 Å². The van der Waals surface area contributed by atoms with Crippen molar-refractivity contribution in [1.82, 2.24) is 15.0 Å². The summed E-state index contributed by atoms with van der Waals surface area (Å²) in [5.41, 5.74) is 1.79. The van der Waals surface area contributed by atoms with E-state index < -0.39 is 0 Å². The van der Waals surface area contributed by atoms with Crippen LogP contribution in [0.5, 0.6) is 0 Å². The minimum atomic E-state index is -0.366. The van der Waals surface area contributed by atoms with Crippen LogP contribution in [0.25, 0.3) is 11.0 Å². The Balaban J connectivity index is 1.96. The largest absolute Gasteiger partial charge is 0.333 e. The van der Waals surface area contributed by atoms with Crippen molar-refractivity contribution in [2.75, 3.05) is 0 Å². The zero-order chi connectivity index (χ0) is 12.5. The fourth-order valence-corrected chi connectivity index (χ4v) is 2.60. The van der Waals surface area contributed by atoms with E-state index in [4.69, 9.17) is 0 Å². The fourth-order valence-electron chi connectivity index (χ4n) is 1.55. The van der Waals surface area contributed by atoms with E-state index in [0.29, 0.717) is 14.7 Å². The smallest absolute Gasteiger partial charge is 0.172 e. The van der Waals surface area contributed by atoms with Crippen LogP contribution < -0.4 is 0 Å². The van der Waals surface area contributed by atoms with Gasteiger partial charge >= 0.3 is 0 Å². The van der Waals surface area contributed by atoms with Crippen molar-refractivity contribution in [2.45, 2.75) is 10.2 Å². The Hall–Kier alpha value is -1.40. The Morgan fingerprint density at radius 1 is 1.28 bits per heavy atom. The fraction of sp³-hybridized carbons (Fsp3) is 0. The van der Waals surface area contributed by atoms with Crippen molar-refractivity contribution in [3.8, 4) is 0 Å². The maximum Gasteiger partial charge on any atom is 0.172 e. The van der Waals surface area contributed by atoms with Crippen molar-refractivity contribution in [3.05, 3.63) is 46.8 Å². The van der Waals surface area contributed by atoms with Gasteiger partial charge in [-0.1, -0.05) is 12.1 Å². The minimum Gasteiger partial charge on any atom is -0.333 e. The average Bonchev–Trinajstić information content (AvgIpc) is 2.75. The highest BCUT2D eigenvalue weighted by molar-refractivity contribution is 9.10. The van der Waals surface area contributed by atoms with Crippen LogP contribution in [0.15, 0.2) is 51.2 Å². The summed E-state index contributed by atoms with van der Waals surface area (Å²) in [4.78, 5) is 11.5. The molecule has 3 nitrogen and oxygen atoms in total. The second-order valence-electron chi connectivity index (χ2n) is 3.60. The molecule has 0 bridgehead atoms. The van der Waals surface area contributed by atoms with Crippen LogP contribution in [0.1, 0.15) is 0 Å². The highest BCUT2D eigenvalue weighted by Gasteiger charge is 2.09. The Kier molecular flexibility index (Phi) is 3.05. The van der Waals surface area contributed by atoms with Crippen molar-refractivity contribution in [1.29, 1.82) is 0 Å². The third-order valence-corrected chi connectivity index (χ3v) is 3.65. The van der Waals surface area contributed by atoms with Crippen molar-refractivity contribution in [3.63, 3.8) is 0 Å². The van der Waals surface area contributed by atoms with Crippen LogP contribution in [0.4, 0.5) is 4.39 Å². The van der Waals surface area contributed by atoms with E-state index in [-0.39, 0.29) is 5.82 Å². The number of benzene rings is 1. The molecule has 0 aliphatic carbocycles. The molecule has 2 heterocycles. The zero-order valence-electron chi connectivity index (χ0n) is 9.02. The van der Waals surface area contributed by atoms with E-state index in [1.165, 1.54) is 17.8 Å². The second-order valence-corrected chi connectivity index (χ2v) is 5.49. The van der Waals surface area contributed by atoms with Crippen LogP contribution in [0, 0.1) is 5.82 Å². The number of hydrogen-bond donors (Lipinski definition) is 1. The predicted molar refractivity (Wildman–Crippen MR) is 72.1 cm³/mol. The van der Waals surface area contributed by atoms with E-state index in [1.54, 1.807) is 6.20 Å². The number of pyridine rings is 1. The van der Waals surface area contributed by atoms with Crippen LogP contribution in [-0.4, -0.2) is 15.0 Å². The highest BCUT2D eigenvalue weighted by Crippen LogP contribution is 2.28. The van der Waals surface area contributed by atoms with Crippen LogP contribution in [-0.2, 0) is 0 Å². The molecule has 1 aromatic carbocycles. The molecule has 3 rings (SSSR count). The normalized spacial score (nSPS) is 11.0. The number of nitrogens with one attached hydrogen (secondary N) is 1. The minimum absolute atomic E-state index is 0.303. The monoisotopic (exact) mass is 323 g/mol. The molecule has 0 unspecified atom stereocenters. The van der Waals surface area contributed by atoms with Gasteiger partial charge in [-0.15, -0.1) is 0 Å². The Morgan fingerprint density at radius 2 is 2.11 bits per heavy atom. The first-order valence-corrected chi connectivity index (χ1v) is 6.77. The van der Waals surface area contributed by atoms with Gasteiger partial charge in [0.05, 0.1) is 11.0 Å². The van der Waals surface area contributed by atoms with Crippen LogP contribution in [0.3, 0.4) is 0 Å². The number of hydrogen-bond acceptors (Lipinski definition) is 3. The molecule has 0 aliphatic rings. The lowest BCUT2D eigenvalue weighted by Crippen LogP contribution is -1.87. The second kappa shape index (κ2) is 4.70. The topological polar surface area (TPSA) is 41.6 Å². The quantitative estimate of drug-likeness (QED) is 0.774. The van der Waals surface area contributed by atoms with Crippen LogP contribution in [0.2, 0.25) is 0 Å². The van der Waals surface area contributed by atoms with E-state index in [2.05, 4.69) is 30.9 Å². The lowest BCUT2D eigenvalue weighted by molar-refractivity contribution is 0.586. The van der Waals surface area contributed by atoms with E-state index in [0.717, 1.165) is 11.0 Å². The van der Waals surface area contributed by atoms with Gasteiger partial charge in [-0.25, -0.2) is 14.4 Å². The molecular weight excluding hydrogens is 317 g/mol. The summed E-state index contributed by atoms with van der Waals surface area (Å²) < 4.78 is 14.3. The van der Waals surface area contributed by atoms with Gasteiger partial charge in [0.2, 0.25) is 0 Å². The number of imidazole rings is 1. The number of para-hydroxylation sites is 2. The summed E-state index contributed by atoms with van der Waals surface area (Å²) >= 11 is 4.35. The van der Waals surface area contributed by atoms with Gasteiger partial charge in [-0.05, 0) is 45.9 Å². The lowest BCUT2D eigenvalue weighted by atomic mass is 10.3. The number of fused-ring (bicyclic) bond motifs is 1. The Morgan fingerprint density at radius 3 is 2.89 bits per heavy atom. The summed E-state index contributed by atoms with van der Waals surface area (Å²) in [6, 6.07) is 9.06. The molecule has 90 valence electrons. The molecule has 0 radical (unpaired) electrons. The highest BCUT2D eigenvalue weighted by atomic mass is 79.9. The van der Waals surface area contributed by atoms with Gasteiger partial charge < -0.3 is 4.98 Å². The lowest BCUT2D eigenvalue weighted by Gasteiger charge is -1.99. The first-order valence-electron chi connectivity index (χ1n) is 5.16. The standard InChI is InChI=1S/C12H7BrFN3S/c13-7-5-8(14)11(15-6-7)18-12-16-9-3-1-2-4-10(9)17-12/h1-6H,(H,16,17). The third-order valence-electron chi connectivity index (χ3n) is 2.34. The van der Waals surface area contributed by atoms with Crippen molar-refractivity contribution < 1.29 is 4.39 Å². The van der Waals surface area contributed by atoms with Gasteiger partial charge in [-0.2, -0.15) is 0 Å². The van der Waals surface area contributed by atoms with Gasteiger partial charge in [-0.3, -0.25) is 0 Å². The number of aromatic nitrogens is 3. The van der Waals surface area contributed by atoms with E-state index in [9.17, 15) is 4.39 Å². The molecule has 3 aromatic rings. The molecule has 0 fully saturated rings.